The predicted octanol–water partition coefficient (Wildman–Crippen LogP) is 2.83. The second-order valence-corrected chi connectivity index (χ2v) is 7.09. The van der Waals surface area contributed by atoms with E-state index in [2.05, 4.69) is 21.2 Å². The Morgan fingerprint density at radius 2 is 1.95 bits per heavy atom. The van der Waals surface area contributed by atoms with E-state index in [1.54, 1.807) is 12.1 Å². The molecule has 0 saturated heterocycles. The molecule has 0 spiro atoms. The molecule has 0 aliphatic carbocycles. The lowest BCUT2D eigenvalue weighted by atomic mass is 10.2. The standard InChI is InChI=1S/C15H16BrNO4S/c16-13-7-6-12(22-13)14(19)11(18)8-17-15(20)21-9-10-4-2-1-3-5-10/h1-7,11,14,18-19H,8-9H2,(H,17,20). The second kappa shape index (κ2) is 8.28. The Bertz CT molecular complexity index is 605. The van der Waals surface area contributed by atoms with Crippen LogP contribution >= 0.6 is 27.3 Å². The van der Waals surface area contributed by atoms with E-state index >= 15 is 0 Å². The highest BCUT2D eigenvalue weighted by Crippen LogP contribution is 2.28. The molecular formula is C15H16BrNO4S. The highest BCUT2D eigenvalue weighted by molar-refractivity contribution is 9.11. The predicted molar refractivity (Wildman–Crippen MR) is 87.6 cm³/mol. The molecule has 0 aliphatic heterocycles. The van der Waals surface area contributed by atoms with Crippen LogP contribution in [0.3, 0.4) is 0 Å². The third-order valence-corrected chi connectivity index (χ3v) is 4.61. The van der Waals surface area contributed by atoms with Crippen LogP contribution in [0, 0.1) is 0 Å². The molecule has 0 aliphatic rings. The first-order valence-corrected chi connectivity index (χ1v) is 8.23. The Balaban J connectivity index is 1.73. The van der Waals surface area contributed by atoms with Gasteiger partial charge in [0.1, 0.15) is 18.8 Å². The minimum atomic E-state index is -1.10. The van der Waals surface area contributed by atoms with Gasteiger partial charge in [-0.3, -0.25) is 0 Å². The lowest BCUT2D eigenvalue weighted by molar-refractivity contribution is 0.0205. The lowest BCUT2D eigenvalue weighted by Crippen LogP contribution is -2.35. The van der Waals surface area contributed by atoms with Gasteiger partial charge in [0, 0.05) is 11.4 Å². The van der Waals surface area contributed by atoms with Crippen molar-refractivity contribution in [3.8, 4) is 0 Å². The number of amides is 1. The quantitative estimate of drug-likeness (QED) is 0.714. The molecule has 0 fully saturated rings. The number of aliphatic hydroxyl groups excluding tert-OH is 2. The van der Waals surface area contributed by atoms with Crippen LogP contribution in [0.2, 0.25) is 0 Å². The number of benzene rings is 1. The Hall–Kier alpha value is -1.41. The maximum atomic E-state index is 11.6. The van der Waals surface area contributed by atoms with Crippen LogP contribution in [-0.4, -0.2) is 29.0 Å². The number of thiophene rings is 1. The molecule has 0 radical (unpaired) electrons. The fraction of sp³-hybridized carbons (Fsp3) is 0.267. The summed E-state index contributed by atoms with van der Waals surface area (Å²) in [6.07, 6.45) is -2.79. The first-order chi connectivity index (χ1) is 10.6. The average molecular weight is 386 g/mol. The fourth-order valence-electron chi connectivity index (χ4n) is 1.75. The number of nitrogens with one attached hydrogen (secondary N) is 1. The van der Waals surface area contributed by atoms with E-state index in [0.29, 0.717) is 4.88 Å². The summed E-state index contributed by atoms with van der Waals surface area (Å²) in [5, 5.41) is 22.3. The van der Waals surface area contributed by atoms with Gasteiger partial charge in [0.15, 0.2) is 0 Å². The molecule has 5 nitrogen and oxygen atoms in total. The summed E-state index contributed by atoms with van der Waals surface area (Å²) in [6.45, 7) is 0.0630. The van der Waals surface area contributed by atoms with Crippen molar-refractivity contribution in [1.29, 1.82) is 0 Å². The Morgan fingerprint density at radius 1 is 1.23 bits per heavy atom. The van der Waals surface area contributed by atoms with Crippen molar-refractivity contribution in [3.05, 3.63) is 56.7 Å². The summed E-state index contributed by atoms with van der Waals surface area (Å²) in [7, 11) is 0. The number of carbonyl (C=O) groups is 1. The molecule has 2 aromatic rings. The van der Waals surface area contributed by atoms with Gasteiger partial charge in [-0.1, -0.05) is 30.3 Å². The molecule has 1 aromatic carbocycles. The minimum absolute atomic E-state index is 0.0929. The summed E-state index contributed by atoms with van der Waals surface area (Å²) in [4.78, 5) is 12.2. The Morgan fingerprint density at radius 3 is 2.59 bits per heavy atom. The summed E-state index contributed by atoms with van der Waals surface area (Å²) >= 11 is 4.62. The molecule has 0 bridgehead atoms. The molecule has 0 saturated carbocycles. The molecule has 1 heterocycles. The van der Waals surface area contributed by atoms with E-state index < -0.39 is 18.3 Å². The molecule has 2 rings (SSSR count). The van der Waals surface area contributed by atoms with Crippen molar-refractivity contribution in [2.24, 2.45) is 0 Å². The zero-order valence-corrected chi connectivity index (χ0v) is 14.0. The van der Waals surface area contributed by atoms with E-state index in [0.717, 1.165) is 9.35 Å². The van der Waals surface area contributed by atoms with E-state index in [1.807, 2.05) is 30.3 Å². The van der Waals surface area contributed by atoms with Crippen LogP contribution in [0.25, 0.3) is 0 Å². The molecule has 118 valence electrons. The average Bonchev–Trinajstić information content (AvgIpc) is 2.97. The number of ether oxygens (including phenoxy) is 1. The van der Waals surface area contributed by atoms with Crippen LogP contribution in [0.15, 0.2) is 46.3 Å². The van der Waals surface area contributed by atoms with Gasteiger partial charge in [0.05, 0.1) is 3.79 Å². The minimum Gasteiger partial charge on any atom is -0.445 e. The number of aliphatic hydroxyl groups is 2. The maximum Gasteiger partial charge on any atom is 0.407 e. The molecule has 1 amide bonds. The zero-order valence-electron chi connectivity index (χ0n) is 11.6. The number of carbonyl (C=O) groups excluding carboxylic acids is 1. The number of alkyl carbamates (subject to hydrolysis) is 1. The molecule has 22 heavy (non-hydrogen) atoms. The maximum absolute atomic E-state index is 11.6. The van der Waals surface area contributed by atoms with E-state index in [1.165, 1.54) is 11.3 Å². The van der Waals surface area contributed by atoms with Gasteiger partial charge < -0.3 is 20.3 Å². The number of hydrogen-bond acceptors (Lipinski definition) is 5. The van der Waals surface area contributed by atoms with Crippen LogP contribution < -0.4 is 5.32 Å². The Kier molecular flexibility index (Phi) is 6.38. The van der Waals surface area contributed by atoms with E-state index in [4.69, 9.17) is 4.74 Å². The third kappa shape index (κ3) is 5.10. The molecular weight excluding hydrogens is 370 g/mol. The van der Waals surface area contributed by atoms with Crippen molar-refractivity contribution < 1.29 is 19.7 Å². The van der Waals surface area contributed by atoms with Crippen LogP contribution in [0.1, 0.15) is 16.5 Å². The SMILES string of the molecule is O=C(NCC(O)C(O)c1ccc(Br)s1)OCc1ccccc1. The molecule has 2 atom stereocenters. The molecule has 3 N–H and O–H groups in total. The normalized spacial score (nSPS) is 13.4. The van der Waals surface area contributed by atoms with Gasteiger partial charge >= 0.3 is 6.09 Å². The van der Waals surface area contributed by atoms with Crippen LogP contribution in [-0.2, 0) is 11.3 Å². The van der Waals surface area contributed by atoms with Gasteiger partial charge in [-0.2, -0.15) is 0 Å². The number of halogens is 1. The van der Waals surface area contributed by atoms with Crippen molar-refractivity contribution in [3.63, 3.8) is 0 Å². The number of rotatable bonds is 6. The zero-order chi connectivity index (χ0) is 15.9. The Labute approximate surface area is 140 Å². The van der Waals surface area contributed by atoms with Crippen molar-refractivity contribution in [2.45, 2.75) is 18.8 Å². The first-order valence-electron chi connectivity index (χ1n) is 6.62. The smallest absolute Gasteiger partial charge is 0.407 e. The fourth-order valence-corrected chi connectivity index (χ4v) is 3.22. The summed E-state index contributed by atoms with van der Waals surface area (Å²) in [5.41, 5.74) is 0.877. The van der Waals surface area contributed by atoms with Gasteiger partial charge in [0.2, 0.25) is 0 Å². The van der Waals surface area contributed by atoms with Crippen molar-refractivity contribution in [1.82, 2.24) is 5.32 Å². The second-order valence-electron chi connectivity index (χ2n) is 4.60. The molecule has 2 unspecified atom stereocenters. The summed E-state index contributed by atoms with van der Waals surface area (Å²) in [6, 6.07) is 12.8. The van der Waals surface area contributed by atoms with Gasteiger partial charge in [-0.25, -0.2) is 4.79 Å². The highest BCUT2D eigenvalue weighted by atomic mass is 79.9. The lowest BCUT2D eigenvalue weighted by Gasteiger charge is -2.17. The van der Waals surface area contributed by atoms with Gasteiger partial charge in [0.25, 0.3) is 0 Å². The first kappa shape index (κ1) is 17.0. The number of hydrogen-bond donors (Lipinski definition) is 3. The van der Waals surface area contributed by atoms with Gasteiger partial charge in [-0.15, -0.1) is 11.3 Å². The monoisotopic (exact) mass is 385 g/mol. The molecule has 1 aromatic heterocycles. The molecule has 7 heteroatoms. The summed E-state index contributed by atoms with van der Waals surface area (Å²) in [5.74, 6) is 0. The highest BCUT2D eigenvalue weighted by Gasteiger charge is 2.20. The van der Waals surface area contributed by atoms with E-state index in [-0.39, 0.29) is 13.2 Å². The summed E-state index contributed by atoms with van der Waals surface area (Å²) < 4.78 is 5.89. The van der Waals surface area contributed by atoms with Crippen LogP contribution in [0.4, 0.5) is 4.79 Å². The largest absolute Gasteiger partial charge is 0.445 e. The van der Waals surface area contributed by atoms with Crippen molar-refractivity contribution >= 4 is 33.4 Å². The van der Waals surface area contributed by atoms with E-state index in [9.17, 15) is 15.0 Å². The van der Waals surface area contributed by atoms with Crippen LogP contribution in [0.5, 0.6) is 0 Å². The topological polar surface area (TPSA) is 78.8 Å². The van der Waals surface area contributed by atoms with Gasteiger partial charge in [-0.05, 0) is 33.6 Å². The third-order valence-electron chi connectivity index (χ3n) is 2.92. The van der Waals surface area contributed by atoms with Crippen molar-refractivity contribution in [2.75, 3.05) is 6.54 Å².